The second-order valence-corrected chi connectivity index (χ2v) is 3.35. The Morgan fingerprint density at radius 1 is 1.64 bits per heavy atom. The number of ketones is 1. The fourth-order valence-electron chi connectivity index (χ4n) is 1.02. The minimum atomic E-state index is 0.0894. The fraction of sp³-hybridized carbons (Fsp3) is 0.545. The second-order valence-electron chi connectivity index (χ2n) is 3.35. The van der Waals surface area contributed by atoms with Gasteiger partial charge in [-0.05, 0) is 18.6 Å². The standard InChI is InChI=1S/C11H16O3/c1-3-9(2)11(12)8-13-7-10-5-4-6-14-10/h4-6,9H,3,7-8H2,1-2H3. The first-order valence-corrected chi connectivity index (χ1v) is 4.87. The van der Waals surface area contributed by atoms with Gasteiger partial charge in [0, 0.05) is 5.92 Å². The zero-order chi connectivity index (χ0) is 10.4. The van der Waals surface area contributed by atoms with Crippen LogP contribution in [0.2, 0.25) is 0 Å². The van der Waals surface area contributed by atoms with E-state index in [1.807, 2.05) is 19.9 Å². The summed E-state index contributed by atoms with van der Waals surface area (Å²) < 4.78 is 10.3. The Labute approximate surface area is 84.1 Å². The maximum Gasteiger partial charge on any atom is 0.161 e. The van der Waals surface area contributed by atoms with Crippen molar-refractivity contribution < 1.29 is 13.9 Å². The molecule has 0 bridgehead atoms. The maximum atomic E-state index is 11.3. The second kappa shape index (κ2) is 5.60. The zero-order valence-electron chi connectivity index (χ0n) is 8.66. The molecular weight excluding hydrogens is 180 g/mol. The Hall–Kier alpha value is -1.09. The van der Waals surface area contributed by atoms with Crippen molar-refractivity contribution in [2.75, 3.05) is 6.61 Å². The number of carbonyl (C=O) groups is 1. The number of hydrogen-bond donors (Lipinski definition) is 0. The first kappa shape index (κ1) is 11.0. The number of carbonyl (C=O) groups excluding carboxylic acids is 1. The lowest BCUT2D eigenvalue weighted by Crippen LogP contribution is -2.16. The summed E-state index contributed by atoms with van der Waals surface area (Å²) in [7, 11) is 0. The van der Waals surface area contributed by atoms with Crippen LogP contribution < -0.4 is 0 Å². The van der Waals surface area contributed by atoms with Crippen LogP contribution in [0.4, 0.5) is 0 Å². The number of furan rings is 1. The van der Waals surface area contributed by atoms with E-state index in [0.29, 0.717) is 6.61 Å². The molecule has 1 atom stereocenters. The van der Waals surface area contributed by atoms with Gasteiger partial charge in [-0.1, -0.05) is 13.8 Å². The van der Waals surface area contributed by atoms with Gasteiger partial charge >= 0.3 is 0 Å². The van der Waals surface area contributed by atoms with Gasteiger partial charge in [0.15, 0.2) is 5.78 Å². The van der Waals surface area contributed by atoms with Crippen LogP contribution in [-0.2, 0) is 16.1 Å². The number of rotatable bonds is 6. The molecule has 0 aliphatic rings. The lowest BCUT2D eigenvalue weighted by molar-refractivity contribution is -0.127. The summed E-state index contributed by atoms with van der Waals surface area (Å²) in [6.07, 6.45) is 2.46. The van der Waals surface area contributed by atoms with Crippen molar-refractivity contribution in [2.45, 2.75) is 26.9 Å². The molecule has 1 rings (SSSR count). The van der Waals surface area contributed by atoms with E-state index >= 15 is 0 Å². The van der Waals surface area contributed by atoms with Gasteiger partial charge in [0.05, 0.1) is 6.26 Å². The van der Waals surface area contributed by atoms with E-state index in [1.165, 1.54) is 0 Å². The minimum absolute atomic E-state index is 0.0894. The van der Waals surface area contributed by atoms with Crippen molar-refractivity contribution in [2.24, 2.45) is 5.92 Å². The summed E-state index contributed by atoms with van der Waals surface area (Å²) in [6.45, 7) is 4.46. The van der Waals surface area contributed by atoms with Crippen LogP contribution in [0, 0.1) is 5.92 Å². The molecule has 78 valence electrons. The summed E-state index contributed by atoms with van der Waals surface area (Å²) in [6, 6.07) is 3.63. The fourth-order valence-corrected chi connectivity index (χ4v) is 1.02. The van der Waals surface area contributed by atoms with E-state index in [4.69, 9.17) is 9.15 Å². The predicted molar refractivity (Wildman–Crippen MR) is 52.8 cm³/mol. The quantitative estimate of drug-likeness (QED) is 0.701. The first-order valence-electron chi connectivity index (χ1n) is 4.87. The third-order valence-electron chi connectivity index (χ3n) is 2.23. The van der Waals surface area contributed by atoms with Gasteiger partial charge in [-0.25, -0.2) is 0 Å². The molecule has 0 spiro atoms. The Kier molecular flexibility index (Phi) is 4.40. The molecule has 1 heterocycles. The van der Waals surface area contributed by atoms with Crippen LogP contribution in [0.3, 0.4) is 0 Å². The van der Waals surface area contributed by atoms with Crippen molar-refractivity contribution in [3.05, 3.63) is 24.2 Å². The number of ether oxygens (including phenoxy) is 1. The molecule has 3 heteroatoms. The van der Waals surface area contributed by atoms with Crippen LogP contribution >= 0.6 is 0 Å². The molecule has 1 aromatic rings. The SMILES string of the molecule is CCC(C)C(=O)COCc1ccco1. The summed E-state index contributed by atoms with van der Waals surface area (Å²) in [5.74, 6) is 0.993. The molecule has 0 aromatic carbocycles. The summed E-state index contributed by atoms with van der Waals surface area (Å²) in [4.78, 5) is 11.3. The zero-order valence-corrected chi connectivity index (χ0v) is 8.66. The van der Waals surface area contributed by atoms with Crippen LogP contribution in [0.25, 0.3) is 0 Å². The largest absolute Gasteiger partial charge is 0.467 e. The normalized spacial score (nSPS) is 12.7. The lowest BCUT2D eigenvalue weighted by atomic mass is 10.1. The van der Waals surface area contributed by atoms with E-state index in [9.17, 15) is 4.79 Å². The van der Waals surface area contributed by atoms with Gasteiger partial charge in [-0.2, -0.15) is 0 Å². The Bertz CT molecular complexity index is 264. The van der Waals surface area contributed by atoms with E-state index in [2.05, 4.69) is 0 Å². The highest BCUT2D eigenvalue weighted by atomic mass is 16.5. The molecule has 0 aliphatic carbocycles. The van der Waals surface area contributed by atoms with Gasteiger partial charge in [-0.3, -0.25) is 4.79 Å². The molecule has 0 aliphatic heterocycles. The van der Waals surface area contributed by atoms with E-state index < -0.39 is 0 Å². The average Bonchev–Trinajstić information content (AvgIpc) is 2.69. The smallest absolute Gasteiger partial charge is 0.161 e. The summed E-state index contributed by atoms with van der Waals surface area (Å²) >= 11 is 0. The highest BCUT2D eigenvalue weighted by Crippen LogP contribution is 2.05. The van der Waals surface area contributed by atoms with Gasteiger partial charge in [0.2, 0.25) is 0 Å². The molecule has 14 heavy (non-hydrogen) atoms. The van der Waals surface area contributed by atoms with Crippen LogP contribution in [0.5, 0.6) is 0 Å². The van der Waals surface area contributed by atoms with Crippen molar-refractivity contribution in [3.8, 4) is 0 Å². The van der Waals surface area contributed by atoms with E-state index in [1.54, 1.807) is 12.3 Å². The molecule has 0 amide bonds. The summed E-state index contributed by atoms with van der Waals surface area (Å²) in [5, 5.41) is 0. The van der Waals surface area contributed by atoms with Gasteiger partial charge in [0.1, 0.15) is 19.0 Å². The molecule has 0 N–H and O–H groups in total. The Morgan fingerprint density at radius 3 is 3.00 bits per heavy atom. The van der Waals surface area contributed by atoms with Crippen LogP contribution in [0.15, 0.2) is 22.8 Å². The minimum Gasteiger partial charge on any atom is -0.467 e. The Balaban J connectivity index is 2.18. The van der Waals surface area contributed by atoms with Gasteiger partial charge < -0.3 is 9.15 Å². The maximum absolute atomic E-state index is 11.3. The van der Waals surface area contributed by atoms with Crippen LogP contribution in [0.1, 0.15) is 26.0 Å². The van der Waals surface area contributed by atoms with Gasteiger partial charge in [-0.15, -0.1) is 0 Å². The third kappa shape index (κ3) is 3.34. The third-order valence-corrected chi connectivity index (χ3v) is 2.23. The number of Topliss-reactive ketones (excluding diaryl/α,β-unsaturated/α-hetero) is 1. The highest BCUT2D eigenvalue weighted by molar-refractivity contribution is 5.81. The van der Waals surface area contributed by atoms with Crippen molar-refractivity contribution in [1.29, 1.82) is 0 Å². The molecule has 0 saturated heterocycles. The average molecular weight is 196 g/mol. The van der Waals surface area contributed by atoms with Crippen molar-refractivity contribution in [1.82, 2.24) is 0 Å². The molecule has 1 aromatic heterocycles. The summed E-state index contributed by atoms with van der Waals surface area (Å²) in [5.41, 5.74) is 0. The molecule has 0 saturated carbocycles. The van der Waals surface area contributed by atoms with E-state index in [0.717, 1.165) is 12.2 Å². The van der Waals surface area contributed by atoms with Crippen molar-refractivity contribution >= 4 is 5.78 Å². The van der Waals surface area contributed by atoms with Crippen molar-refractivity contribution in [3.63, 3.8) is 0 Å². The van der Waals surface area contributed by atoms with Crippen LogP contribution in [-0.4, -0.2) is 12.4 Å². The lowest BCUT2D eigenvalue weighted by Gasteiger charge is -2.06. The predicted octanol–water partition coefficient (Wildman–Crippen LogP) is 2.41. The monoisotopic (exact) mass is 196 g/mol. The van der Waals surface area contributed by atoms with Gasteiger partial charge in [0.25, 0.3) is 0 Å². The molecule has 0 radical (unpaired) electrons. The number of hydrogen-bond acceptors (Lipinski definition) is 3. The molecule has 1 unspecified atom stereocenters. The highest BCUT2D eigenvalue weighted by Gasteiger charge is 2.10. The first-order chi connectivity index (χ1) is 6.74. The molecule has 3 nitrogen and oxygen atoms in total. The Morgan fingerprint density at radius 2 is 2.43 bits per heavy atom. The van der Waals surface area contributed by atoms with E-state index in [-0.39, 0.29) is 18.3 Å². The topological polar surface area (TPSA) is 39.4 Å². The molecular formula is C11H16O3. The molecule has 0 fully saturated rings.